The highest BCUT2D eigenvalue weighted by atomic mass is 16.5. The number of nitrogens with zero attached hydrogens (tertiary/aromatic N) is 2. The Labute approximate surface area is 228 Å². The van der Waals surface area contributed by atoms with Gasteiger partial charge in [0.25, 0.3) is 11.5 Å². The summed E-state index contributed by atoms with van der Waals surface area (Å²) in [5.41, 5.74) is 7.67. The fourth-order valence-corrected chi connectivity index (χ4v) is 5.59. The van der Waals surface area contributed by atoms with E-state index in [9.17, 15) is 9.59 Å². The molecule has 8 nitrogen and oxygen atoms in total. The predicted octanol–water partition coefficient (Wildman–Crippen LogP) is 4.55. The van der Waals surface area contributed by atoms with E-state index in [1.54, 1.807) is 7.11 Å². The number of amides is 1. The van der Waals surface area contributed by atoms with Crippen LogP contribution in [0, 0.1) is 20.8 Å². The molecule has 204 valence electrons. The molecule has 2 N–H and O–H groups in total. The highest BCUT2D eigenvalue weighted by Gasteiger charge is 2.26. The zero-order valence-corrected chi connectivity index (χ0v) is 23.3. The van der Waals surface area contributed by atoms with Gasteiger partial charge in [0, 0.05) is 65.5 Å². The van der Waals surface area contributed by atoms with Crippen LogP contribution in [-0.2, 0) is 11.3 Å². The van der Waals surface area contributed by atoms with E-state index < -0.39 is 0 Å². The van der Waals surface area contributed by atoms with Crippen molar-refractivity contribution < 1.29 is 14.3 Å². The maximum atomic E-state index is 13.6. The number of aromatic amines is 1. The molecule has 1 atom stereocenters. The third-order valence-electron chi connectivity index (χ3n) is 7.75. The second-order valence-corrected chi connectivity index (χ2v) is 10.3. The summed E-state index contributed by atoms with van der Waals surface area (Å²) in [6.07, 6.45) is 2.14. The van der Waals surface area contributed by atoms with Crippen molar-refractivity contribution in [2.45, 2.75) is 40.3 Å². The standard InChI is InChI=1S/C31H36N4O4/c1-19-13-20(2)33-31(37)28(19)17-32-30(36)27-16-25-14-24(23-7-6-8-26(15-23)38-5)18-35(25)29(21(27)3)22(4)34-9-11-39-12-10-34/h6-8,13-16,18,22H,9-12,17H2,1-5H3,(H,32,36)(H,33,37). The van der Waals surface area contributed by atoms with E-state index >= 15 is 0 Å². The second kappa shape index (κ2) is 11.1. The van der Waals surface area contributed by atoms with Crippen LogP contribution in [-0.4, -0.2) is 53.6 Å². The molecule has 1 aliphatic heterocycles. The van der Waals surface area contributed by atoms with Crippen LogP contribution < -0.4 is 15.6 Å². The maximum Gasteiger partial charge on any atom is 0.253 e. The zero-order chi connectivity index (χ0) is 27.7. The van der Waals surface area contributed by atoms with Crippen molar-refractivity contribution in [1.82, 2.24) is 19.6 Å². The summed E-state index contributed by atoms with van der Waals surface area (Å²) >= 11 is 0. The van der Waals surface area contributed by atoms with Crippen molar-refractivity contribution in [3.63, 3.8) is 0 Å². The fourth-order valence-electron chi connectivity index (χ4n) is 5.59. The van der Waals surface area contributed by atoms with Gasteiger partial charge in [0.05, 0.1) is 20.3 Å². The molecule has 1 unspecified atom stereocenters. The monoisotopic (exact) mass is 528 g/mol. The molecule has 8 heteroatoms. The number of morpholine rings is 1. The van der Waals surface area contributed by atoms with E-state index in [0.717, 1.165) is 58.0 Å². The summed E-state index contributed by atoms with van der Waals surface area (Å²) in [7, 11) is 1.66. The number of rotatable bonds is 7. The Kier molecular flexibility index (Phi) is 7.59. The van der Waals surface area contributed by atoms with Crippen LogP contribution >= 0.6 is 0 Å². The van der Waals surface area contributed by atoms with Gasteiger partial charge >= 0.3 is 0 Å². The number of carbonyl (C=O) groups excluding carboxylic acids is 1. The number of ether oxygens (including phenoxy) is 2. The van der Waals surface area contributed by atoms with E-state index in [1.807, 2.05) is 51.1 Å². The first kappa shape index (κ1) is 26.7. The first-order valence-electron chi connectivity index (χ1n) is 13.4. The highest BCUT2D eigenvalue weighted by Crippen LogP contribution is 2.33. The van der Waals surface area contributed by atoms with Crippen molar-refractivity contribution in [1.29, 1.82) is 0 Å². The summed E-state index contributed by atoms with van der Waals surface area (Å²) in [5.74, 6) is 0.594. The fraction of sp³-hybridized carbons (Fsp3) is 0.355. The van der Waals surface area contributed by atoms with Gasteiger partial charge in [0.15, 0.2) is 0 Å². The minimum atomic E-state index is -0.200. The van der Waals surface area contributed by atoms with E-state index in [-0.39, 0.29) is 24.1 Å². The van der Waals surface area contributed by atoms with Crippen LogP contribution in [0.1, 0.15) is 51.4 Å². The van der Waals surface area contributed by atoms with Crippen molar-refractivity contribution in [3.05, 3.63) is 92.7 Å². The molecule has 0 spiro atoms. The lowest BCUT2D eigenvalue weighted by Crippen LogP contribution is -2.39. The Balaban J connectivity index is 1.57. The number of hydrogen-bond acceptors (Lipinski definition) is 5. The van der Waals surface area contributed by atoms with Gasteiger partial charge in [0.1, 0.15) is 5.75 Å². The minimum Gasteiger partial charge on any atom is -0.497 e. The smallest absolute Gasteiger partial charge is 0.253 e. The van der Waals surface area contributed by atoms with Crippen LogP contribution in [0.3, 0.4) is 0 Å². The molecular formula is C31H36N4O4. The summed E-state index contributed by atoms with van der Waals surface area (Å²) < 4.78 is 13.2. The number of benzene rings is 1. The molecule has 4 aromatic rings. The number of fused-ring (bicyclic) bond motifs is 1. The topological polar surface area (TPSA) is 88.1 Å². The normalized spacial score (nSPS) is 14.9. The Bertz CT molecular complexity index is 1580. The minimum absolute atomic E-state index is 0.0666. The van der Waals surface area contributed by atoms with Crippen molar-refractivity contribution >= 4 is 11.4 Å². The molecule has 1 aromatic carbocycles. The van der Waals surface area contributed by atoms with Crippen LogP contribution in [0.25, 0.3) is 16.6 Å². The van der Waals surface area contributed by atoms with Crippen molar-refractivity contribution in [3.8, 4) is 16.9 Å². The lowest BCUT2D eigenvalue weighted by molar-refractivity contribution is 0.0187. The van der Waals surface area contributed by atoms with Gasteiger partial charge in [-0.25, -0.2) is 0 Å². The number of H-pyrrole nitrogens is 1. The molecule has 0 bridgehead atoms. The van der Waals surface area contributed by atoms with E-state index in [2.05, 4.69) is 44.9 Å². The third kappa shape index (κ3) is 5.35. The second-order valence-electron chi connectivity index (χ2n) is 10.3. The molecule has 3 aromatic heterocycles. The predicted molar refractivity (Wildman–Crippen MR) is 153 cm³/mol. The molecular weight excluding hydrogens is 492 g/mol. The number of methoxy groups -OCH3 is 1. The Hall–Kier alpha value is -3.88. The molecule has 1 amide bonds. The maximum absolute atomic E-state index is 13.6. The van der Waals surface area contributed by atoms with Crippen LogP contribution in [0.15, 0.2) is 53.5 Å². The molecule has 1 saturated heterocycles. The lowest BCUT2D eigenvalue weighted by atomic mass is 10.0. The molecule has 4 heterocycles. The van der Waals surface area contributed by atoms with Crippen LogP contribution in [0.2, 0.25) is 0 Å². The van der Waals surface area contributed by atoms with Gasteiger partial charge in [-0.1, -0.05) is 12.1 Å². The van der Waals surface area contributed by atoms with E-state index in [1.165, 1.54) is 0 Å². The van der Waals surface area contributed by atoms with Crippen molar-refractivity contribution in [2.75, 3.05) is 33.4 Å². The summed E-state index contributed by atoms with van der Waals surface area (Å²) in [6, 6.07) is 14.0. The van der Waals surface area contributed by atoms with E-state index in [0.29, 0.717) is 24.3 Å². The molecule has 5 rings (SSSR count). The molecule has 0 saturated carbocycles. The van der Waals surface area contributed by atoms with Gasteiger partial charge in [-0.05, 0) is 74.7 Å². The Morgan fingerprint density at radius 3 is 2.59 bits per heavy atom. The van der Waals surface area contributed by atoms with E-state index in [4.69, 9.17) is 9.47 Å². The van der Waals surface area contributed by atoms with Gasteiger partial charge in [-0.2, -0.15) is 0 Å². The Morgan fingerprint density at radius 2 is 1.87 bits per heavy atom. The number of aryl methyl sites for hydroxylation is 2. The van der Waals surface area contributed by atoms with Crippen LogP contribution in [0.4, 0.5) is 0 Å². The largest absolute Gasteiger partial charge is 0.497 e. The number of nitrogens with one attached hydrogen (secondary N) is 2. The number of pyridine rings is 2. The molecule has 0 aliphatic carbocycles. The molecule has 1 aliphatic rings. The third-order valence-corrected chi connectivity index (χ3v) is 7.75. The molecule has 1 fully saturated rings. The molecule has 39 heavy (non-hydrogen) atoms. The highest BCUT2D eigenvalue weighted by molar-refractivity contribution is 5.97. The first-order valence-corrected chi connectivity index (χ1v) is 13.4. The number of hydrogen-bond donors (Lipinski definition) is 2. The van der Waals surface area contributed by atoms with Crippen molar-refractivity contribution in [2.24, 2.45) is 0 Å². The van der Waals surface area contributed by atoms with Crippen LogP contribution in [0.5, 0.6) is 5.75 Å². The quantitative estimate of drug-likeness (QED) is 0.367. The summed E-state index contributed by atoms with van der Waals surface area (Å²) in [4.78, 5) is 31.3. The number of carbonyl (C=O) groups is 1. The summed E-state index contributed by atoms with van der Waals surface area (Å²) in [6.45, 7) is 11.2. The van der Waals surface area contributed by atoms with Gasteiger partial charge < -0.3 is 24.2 Å². The average molecular weight is 529 g/mol. The zero-order valence-electron chi connectivity index (χ0n) is 23.3. The number of aromatic nitrogens is 2. The van der Waals surface area contributed by atoms with Gasteiger partial charge in [-0.3, -0.25) is 14.5 Å². The van der Waals surface area contributed by atoms with Gasteiger partial charge in [0.2, 0.25) is 0 Å². The molecule has 0 radical (unpaired) electrons. The lowest BCUT2D eigenvalue weighted by Gasteiger charge is -2.34. The average Bonchev–Trinajstić information content (AvgIpc) is 3.36. The first-order chi connectivity index (χ1) is 18.8. The van der Waals surface area contributed by atoms with Gasteiger partial charge in [-0.15, -0.1) is 0 Å². The summed E-state index contributed by atoms with van der Waals surface area (Å²) in [5, 5.41) is 3.00. The SMILES string of the molecule is COc1cccc(-c2cc3cc(C(=O)NCc4c(C)cc(C)[nH]c4=O)c(C)c(C(C)N4CCOCC4)n3c2)c1. The Morgan fingerprint density at radius 1 is 1.10 bits per heavy atom.